The SMILES string of the molecule is Cc1nc2sc3cc(-c4ccc(C(F)(F)F)cc4F)ccc3c2cc1Cl. The molecule has 4 aromatic rings. The van der Waals surface area contributed by atoms with Crippen molar-refractivity contribution in [1.29, 1.82) is 0 Å². The molecule has 132 valence electrons. The number of halogens is 5. The van der Waals surface area contributed by atoms with Crippen molar-refractivity contribution in [3.05, 3.63) is 64.6 Å². The normalized spacial score (nSPS) is 12.2. The van der Waals surface area contributed by atoms with Crippen LogP contribution in [-0.4, -0.2) is 4.98 Å². The summed E-state index contributed by atoms with van der Waals surface area (Å²) >= 11 is 7.58. The lowest BCUT2D eigenvalue weighted by Crippen LogP contribution is -2.05. The Bertz CT molecular complexity index is 1160. The van der Waals surface area contributed by atoms with E-state index in [0.717, 1.165) is 38.1 Å². The zero-order valence-corrected chi connectivity index (χ0v) is 14.9. The summed E-state index contributed by atoms with van der Waals surface area (Å²) in [6.07, 6.45) is -4.57. The number of pyridine rings is 1. The van der Waals surface area contributed by atoms with Crippen molar-refractivity contribution < 1.29 is 17.6 Å². The number of alkyl halides is 3. The van der Waals surface area contributed by atoms with Crippen LogP contribution >= 0.6 is 22.9 Å². The first-order valence-electron chi connectivity index (χ1n) is 7.60. The van der Waals surface area contributed by atoms with Gasteiger partial charge in [0.05, 0.1) is 16.3 Å². The maximum Gasteiger partial charge on any atom is 0.416 e. The summed E-state index contributed by atoms with van der Waals surface area (Å²) in [5.41, 5.74) is 0.355. The topological polar surface area (TPSA) is 12.9 Å². The van der Waals surface area contributed by atoms with E-state index >= 15 is 0 Å². The molecule has 0 bridgehead atoms. The second-order valence-electron chi connectivity index (χ2n) is 5.91. The number of nitrogens with zero attached hydrogens (tertiary/aromatic N) is 1. The van der Waals surface area contributed by atoms with E-state index in [1.807, 2.05) is 19.1 Å². The standard InChI is InChI=1S/C19H10ClF4NS/c1-9-15(20)8-14-13-4-2-10(6-17(13)26-18(14)25-9)12-5-3-11(7-16(12)21)19(22,23)24/h2-8H,1H3. The molecule has 0 aliphatic rings. The first kappa shape index (κ1) is 17.2. The van der Waals surface area contributed by atoms with E-state index in [0.29, 0.717) is 16.7 Å². The minimum Gasteiger partial charge on any atom is -0.241 e. The second kappa shape index (κ2) is 5.93. The number of thiophene rings is 1. The van der Waals surface area contributed by atoms with Gasteiger partial charge in [0, 0.05) is 21.0 Å². The van der Waals surface area contributed by atoms with E-state index < -0.39 is 17.6 Å². The van der Waals surface area contributed by atoms with Crippen LogP contribution in [0.3, 0.4) is 0 Å². The molecular formula is C19H10ClF4NS. The lowest BCUT2D eigenvalue weighted by molar-refractivity contribution is -0.137. The molecule has 4 rings (SSSR count). The summed E-state index contributed by atoms with van der Waals surface area (Å²) in [7, 11) is 0. The van der Waals surface area contributed by atoms with Crippen molar-refractivity contribution in [3.8, 4) is 11.1 Å². The Morgan fingerprint density at radius 2 is 1.77 bits per heavy atom. The monoisotopic (exact) mass is 395 g/mol. The van der Waals surface area contributed by atoms with Crippen LogP contribution in [0, 0.1) is 12.7 Å². The van der Waals surface area contributed by atoms with E-state index in [2.05, 4.69) is 4.98 Å². The van der Waals surface area contributed by atoms with Crippen molar-refractivity contribution in [1.82, 2.24) is 4.98 Å². The molecular weight excluding hydrogens is 386 g/mol. The van der Waals surface area contributed by atoms with Crippen LogP contribution in [0.15, 0.2) is 42.5 Å². The Hall–Kier alpha value is -2.18. The van der Waals surface area contributed by atoms with E-state index in [-0.39, 0.29) is 5.56 Å². The molecule has 2 heterocycles. The van der Waals surface area contributed by atoms with Crippen molar-refractivity contribution >= 4 is 43.2 Å². The fourth-order valence-electron chi connectivity index (χ4n) is 2.86. The number of aromatic nitrogens is 1. The Kier molecular flexibility index (Phi) is 3.93. The zero-order chi connectivity index (χ0) is 18.6. The molecule has 0 aliphatic heterocycles. The number of benzene rings is 2. The van der Waals surface area contributed by atoms with Crippen LogP contribution in [0.4, 0.5) is 17.6 Å². The maximum atomic E-state index is 14.3. The molecule has 26 heavy (non-hydrogen) atoms. The van der Waals surface area contributed by atoms with Gasteiger partial charge in [-0.15, -0.1) is 11.3 Å². The second-order valence-corrected chi connectivity index (χ2v) is 7.35. The maximum absolute atomic E-state index is 14.3. The van der Waals surface area contributed by atoms with Gasteiger partial charge in [0.25, 0.3) is 0 Å². The van der Waals surface area contributed by atoms with Gasteiger partial charge in [-0.1, -0.05) is 29.8 Å². The average molecular weight is 396 g/mol. The minimum absolute atomic E-state index is 0.125. The smallest absolute Gasteiger partial charge is 0.241 e. The molecule has 0 radical (unpaired) electrons. The van der Waals surface area contributed by atoms with E-state index in [1.165, 1.54) is 11.3 Å². The Morgan fingerprint density at radius 3 is 2.46 bits per heavy atom. The van der Waals surface area contributed by atoms with Crippen LogP contribution in [-0.2, 0) is 6.18 Å². The van der Waals surface area contributed by atoms with Gasteiger partial charge in [-0.25, -0.2) is 9.37 Å². The van der Waals surface area contributed by atoms with Crippen molar-refractivity contribution in [2.45, 2.75) is 13.1 Å². The Morgan fingerprint density at radius 1 is 1.00 bits per heavy atom. The summed E-state index contributed by atoms with van der Waals surface area (Å²) in [4.78, 5) is 5.27. The first-order valence-corrected chi connectivity index (χ1v) is 8.80. The predicted octanol–water partition coefficient (Wildman–Crippen LogP) is 7.24. The van der Waals surface area contributed by atoms with Crippen LogP contribution in [0.2, 0.25) is 5.02 Å². The fourth-order valence-corrected chi connectivity index (χ4v) is 4.15. The van der Waals surface area contributed by atoms with E-state index in [1.54, 1.807) is 12.1 Å². The highest BCUT2D eigenvalue weighted by Gasteiger charge is 2.31. The van der Waals surface area contributed by atoms with Crippen molar-refractivity contribution in [2.24, 2.45) is 0 Å². The lowest BCUT2D eigenvalue weighted by Gasteiger charge is -2.09. The molecule has 0 N–H and O–H groups in total. The molecule has 1 nitrogen and oxygen atoms in total. The van der Waals surface area contributed by atoms with Gasteiger partial charge < -0.3 is 0 Å². The van der Waals surface area contributed by atoms with Gasteiger partial charge in [0.1, 0.15) is 10.6 Å². The van der Waals surface area contributed by atoms with Gasteiger partial charge in [-0.2, -0.15) is 13.2 Å². The molecule has 0 amide bonds. The molecule has 7 heteroatoms. The third-order valence-electron chi connectivity index (χ3n) is 4.20. The number of aryl methyl sites for hydroxylation is 1. The predicted molar refractivity (Wildman–Crippen MR) is 97.3 cm³/mol. The van der Waals surface area contributed by atoms with E-state index in [9.17, 15) is 17.6 Å². The third-order valence-corrected chi connectivity index (χ3v) is 5.65. The molecule has 0 atom stereocenters. The summed E-state index contributed by atoms with van der Waals surface area (Å²) in [6.45, 7) is 1.81. The third kappa shape index (κ3) is 2.83. The van der Waals surface area contributed by atoms with Gasteiger partial charge in [0.2, 0.25) is 0 Å². The number of fused-ring (bicyclic) bond motifs is 3. The highest BCUT2D eigenvalue weighted by atomic mass is 35.5. The summed E-state index contributed by atoms with van der Waals surface area (Å²) < 4.78 is 53.2. The van der Waals surface area contributed by atoms with Crippen LogP contribution < -0.4 is 0 Å². The minimum atomic E-state index is -4.57. The summed E-state index contributed by atoms with van der Waals surface area (Å²) in [5, 5.41) is 2.39. The quantitative estimate of drug-likeness (QED) is 0.310. The molecule has 0 fully saturated rings. The molecule has 0 saturated heterocycles. The fraction of sp³-hybridized carbons (Fsp3) is 0.105. The van der Waals surface area contributed by atoms with Gasteiger partial charge in [0.15, 0.2) is 0 Å². The molecule has 2 aromatic heterocycles. The highest BCUT2D eigenvalue weighted by Crippen LogP contribution is 2.38. The van der Waals surface area contributed by atoms with Crippen LogP contribution in [0.5, 0.6) is 0 Å². The summed E-state index contributed by atoms with van der Waals surface area (Å²) in [5.74, 6) is -0.905. The number of hydrogen-bond acceptors (Lipinski definition) is 2. The molecule has 0 aliphatic carbocycles. The van der Waals surface area contributed by atoms with Crippen molar-refractivity contribution in [3.63, 3.8) is 0 Å². The average Bonchev–Trinajstić information content (AvgIpc) is 2.91. The first-order chi connectivity index (χ1) is 12.2. The molecule has 0 saturated carbocycles. The zero-order valence-electron chi connectivity index (χ0n) is 13.3. The Labute approximate surface area is 154 Å². The molecule has 2 aromatic carbocycles. The molecule has 0 unspecified atom stereocenters. The van der Waals surface area contributed by atoms with Gasteiger partial charge in [-0.05, 0) is 36.8 Å². The van der Waals surface area contributed by atoms with E-state index in [4.69, 9.17) is 11.6 Å². The van der Waals surface area contributed by atoms with Gasteiger partial charge >= 0.3 is 6.18 Å². The number of rotatable bonds is 1. The van der Waals surface area contributed by atoms with Gasteiger partial charge in [-0.3, -0.25) is 0 Å². The summed E-state index contributed by atoms with van der Waals surface area (Å²) in [6, 6.07) is 9.67. The Balaban J connectivity index is 1.87. The van der Waals surface area contributed by atoms with Crippen LogP contribution in [0.1, 0.15) is 11.3 Å². The van der Waals surface area contributed by atoms with Crippen molar-refractivity contribution in [2.75, 3.05) is 0 Å². The largest absolute Gasteiger partial charge is 0.416 e. The lowest BCUT2D eigenvalue weighted by atomic mass is 10.0. The van der Waals surface area contributed by atoms with Crippen LogP contribution in [0.25, 0.3) is 31.4 Å². The highest BCUT2D eigenvalue weighted by molar-refractivity contribution is 7.25. The molecule has 0 spiro atoms. The number of hydrogen-bond donors (Lipinski definition) is 0.